The number of carbonyl (C=O) groups is 1. The van der Waals surface area contributed by atoms with Crippen molar-refractivity contribution in [2.45, 2.75) is 32.4 Å². The molecule has 0 spiro atoms. The first-order chi connectivity index (χ1) is 13.7. The number of aromatic nitrogens is 1. The smallest absolute Gasteiger partial charge is 0.409 e. The second kappa shape index (κ2) is 10.2. The van der Waals surface area contributed by atoms with E-state index in [-0.39, 0.29) is 12.1 Å². The molecule has 7 nitrogen and oxygen atoms in total. The number of nitrogens with zero attached hydrogens (tertiary/aromatic N) is 2. The van der Waals surface area contributed by atoms with Crippen LogP contribution in [0.1, 0.15) is 24.6 Å². The molecule has 0 radical (unpaired) electrons. The van der Waals surface area contributed by atoms with Gasteiger partial charge in [0, 0.05) is 30.2 Å². The van der Waals surface area contributed by atoms with Crippen LogP contribution in [0.3, 0.4) is 0 Å². The zero-order chi connectivity index (χ0) is 19.8. The number of thiocarbonyl (C=S) groups is 1. The van der Waals surface area contributed by atoms with Gasteiger partial charge in [0.15, 0.2) is 5.11 Å². The summed E-state index contributed by atoms with van der Waals surface area (Å²) in [7, 11) is 0. The van der Waals surface area contributed by atoms with E-state index in [9.17, 15) is 4.79 Å². The van der Waals surface area contributed by atoms with E-state index in [1.54, 1.807) is 22.4 Å². The fraction of sp³-hybridized carbons (Fsp3) is 0.421. The maximum atomic E-state index is 11.8. The average molecular weight is 420 g/mol. The molecule has 2 aromatic rings. The lowest BCUT2D eigenvalue weighted by Crippen LogP contribution is -2.47. The molecular formula is C19H25N5O2S2. The highest BCUT2D eigenvalue weighted by molar-refractivity contribution is 7.80. The molecule has 0 saturated carbocycles. The molecule has 0 aliphatic carbocycles. The Hall–Kier alpha value is -2.39. The number of likely N-dealkylation sites (tertiary alicyclic amines) is 1. The Morgan fingerprint density at radius 1 is 1.36 bits per heavy atom. The summed E-state index contributed by atoms with van der Waals surface area (Å²) >= 11 is 7.19. The van der Waals surface area contributed by atoms with Crippen molar-refractivity contribution in [1.29, 1.82) is 0 Å². The van der Waals surface area contributed by atoms with Crippen LogP contribution in [0.5, 0.6) is 0 Å². The monoisotopic (exact) mass is 419 g/mol. The molecule has 0 unspecified atom stereocenters. The van der Waals surface area contributed by atoms with Gasteiger partial charge < -0.3 is 25.6 Å². The summed E-state index contributed by atoms with van der Waals surface area (Å²) in [5.74, 6) is 0.761. The van der Waals surface area contributed by atoms with Gasteiger partial charge in [-0.2, -0.15) is 0 Å². The largest absolute Gasteiger partial charge is 0.450 e. The van der Waals surface area contributed by atoms with E-state index < -0.39 is 0 Å². The Kier molecular flexibility index (Phi) is 7.44. The summed E-state index contributed by atoms with van der Waals surface area (Å²) in [4.78, 5) is 19.2. The third-order valence-corrected chi connectivity index (χ3v) is 5.52. The molecule has 3 N–H and O–H groups in total. The highest BCUT2D eigenvalue weighted by Crippen LogP contribution is 2.20. The van der Waals surface area contributed by atoms with Crippen LogP contribution in [0.15, 0.2) is 35.8 Å². The lowest BCUT2D eigenvalue weighted by Gasteiger charge is -2.32. The molecule has 1 amide bonds. The quantitative estimate of drug-likeness (QED) is 0.617. The van der Waals surface area contributed by atoms with Crippen LogP contribution >= 0.6 is 23.6 Å². The molecular weight excluding hydrogens is 394 g/mol. The van der Waals surface area contributed by atoms with E-state index >= 15 is 0 Å². The number of hydrogen-bond acceptors (Lipinski definition) is 6. The molecule has 150 valence electrons. The number of rotatable bonds is 6. The van der Waals surface area contributed by atoms with Gasteiger partial charge in [0.2, 0.25) is 0 Å². The van der Waals surface area contributed by atoms with Crippen LogP contribution < -0.4 is 16.0 Å². The van der Waals surface area contributed by atoms with E-state index in [0.717, 1.165) is 30.9 Å². The van der Waals surface area contributed by atoms with Gasteiger partial charge in [0.05, 0.1) is 18.8 Å². The molecule has 9 heteroatoms. The van der Waals surface area contributed by atoms with E-state index in [1.165, 1.54) is 4.88 Å². The third kappa shape index (κ3) is 5.80. The van der Waals surface area contributed by atoms with Crippen molar-refractivity contribution in [3.63, 3.8) is 0 Å². The summed E-state index contributed by atoms with van der Waals surface area (Å²) < 4.78 is 5.05. The first-order valence-corrected chi connectivity index (χ1v) is 10.6. The Bertz CT molecular complexity index is 776. The normalized spacial score (nSPS) is 14.4. The molecule has 28 heavy (non-hydrogen) atoms. The number of ether oxygens (including phenoxy) is 1. The standard InChI is InChI=1S/C19H25N5O2S2/c1-2-26-19(25)24-10-7-14(8-11-24)22-18(27)23-16-6-3-9-20-17(16)21-13-15-5-4-12-28-15/h3-6,9,12,14H,2,7-8,10-11,13H2,1H3,(H,20,21)(H2,22,23,27). The molecule has 2 aromatic heterocycles. The van der Waals surface area contributed by atoms with Crippen LogP contribution in [0.2, 0.25) is 0 Å². The van der Waals surface area contributed by atoms with Crippen molar-refractivity contribution in [2.75, 3.05) is 30.3 Å². The van der Waals surface area contributed by atoms with Crippen LogP contribution in [0.25, 0.3) is 0 Å². The number of amides is 1. The minimum atomic E-state index is -0.238. The van der Waals surface area contributed by atoms with E-state index in [2.05, 4.69) is 32.4 Å². The summed E-state index contributed by atoms with van der Waals surface area (Å²) in [6.07, 6.45) is 3.18. The predicted molar refractivity (Wildman–Crippen MR) is 117 cm³/mol. The molecule has 0 aromatic carbocycles. The molecule has 1 aliphatic heterocycles. The van der Waals surface area contributed by atoms with Gasteiger partial charge in [-0.3, -0.25) is 0 Å². The van der Waals surface area contributed by atoms with Crippen molar-refractivity contribution >= 4 is 46.3 Å². The summed E-state index contributed by atoms with van der Waals surface area (Å²) in [5, 5.41) is 12.5. The zero-order valence-electron chi connectivity index (χ0n) is 15.8. The Morgan fingerprint density at radius 3 is 2.89 bits per heavy atom. The van der Waals surface area contributed by atoms with Gasteiger partial charge in [-0.05, 0) is 55.6 Å². The minimum Gasteiger partial charge on any atom is -0.450 e. The second-order valence-electron chi connectivity index (χ2n) is 6.39. The van der Waals surface area contributed by atoms with Crippen LogP contribution in [-0.2, 0) is 11.3 Å². The zero-order valence-corrected chi connectivity index (χ0v) is 17.4. The molecule has 1 saturated heterocycles. The number of pyridine rings is 1. The minimum absolute atomic E-state index is 0.227. The number of hydrogen-bond donors (Lipinski definition) is 3. The topological polar surface area (TPSA) is 78.5 Å². The predicted octanol–water partition coefficient (Wildman–Crippen LogP) is 3.66. The molecule has 1 aliphatic rings. The van der Waals surface area contributed by atoms with Gasteiger partial charge >= 0.3 is 6.09 Å². The van der Waals surface area contributed by atoms with Crippen molar-refractivity contribution in [3.8, 4) is 0 Å². The van der Waals surface area contributed by atoms with Crippen LogP contribution in [0.4, 0.5) is 16.3 Å². The van der Waals surface area contributed by atoms with E-state index in [4.69, 9.17) is 17.0 Å². The second-order valence-corrected chi connectivity index (χ2v) is 7.83. The fourth-order valence-electron chi connectivity index (χ4n) is 3.00. The summed E-state index contributed by atoms with van der Waals surface area (Å²) in [5.41, 5.74) is 0.834. The first-order valence-electron chi connectivity index (χ1n) is 9.36. The maximum Gasteiger partial charge on any atom is 0.409 e. The molecule has 1 fully saturated rings. The van der Waals surface area contributed by atoms with E-state index in [1.807, 2.05) is 25.1 Å². The van der Waals surface area contributed by atoms with Gasteiger partial charge in [-0.1, -0.05) is 6.07 Å². The highest BCUT2D eigenvalue weighted by atomic mass is 32.1. The lowest BCUT2D eigenvalue weighted by molar-refractivity contribution is 0.0964. The summed E-state index contributed by atoms with van der Waals surface area (Å²) in [6, 6.07) is 8.17. The molecule has 3 rings (SSSR count). The van der Waals surface area contributed by atoms with Crippen molar-refractivity contribution in [3.05, 3.63) is 40.7 Å². The average Bonchev–Trinajstić information content (AvgIpc) is 3.21. The van der Waals surface area contributed by atoms with Crippen LogP contribution in [-0.4, -0.2) is 46.8 Å². The van der Waals surface area contributed by atoms with Gasteiger partial charge in [0.25, 0.3) is 0 Å². The van der Waals surface area contributed by atoms with Gasteiger partial charge in [0.1, 0.15) is 5.82 Å². The van der Waals surface area contributed by atoms with E-state index in [0.29, 0.717) is 24.8 Å². The maximum absolute atomic E-state index is 11.8. The van der Waals surface area contributed by atoms with Crippen molar-refractivity contribution in [2.24, 2.45) is 0 Å². The number of piperidine rings is 1. The Labute approximate surface area is 174 Å². The third-order valence-electron chi connectivity index (χ3n) is 4.42. The number of anilines is 2. The Morgan fingerprint density at radius 2 is 2.18 bits per heavy atom. The summed E-state index contributed by atoms with van der Waals surface area (Å²) in [6.45, 7) is 4.27. The molecule has 0 atom stereocenters. The SMILES string of the molecule is CCOC(=O)N1CCC(NC(=S)Nc2cccnc2NCc2cccs2)CC1. The number of thiophene rings is 1. The van der Waals surface area contributed by atoms with Crippen molar-refractivity contribution < 1.29 is 9.53 Å². The first kappa shape index (κ1) is 20.3. The Balaban J connectivity index is 1.48. The van der Waals surface area contributed by atoms with Crippen molar-refractivity contribution in [1.82, 2.24) is 15.2 Å². The van der Waals surface area contributed by atoms with Gasteiger partial charge in [-0.25, -0.2) is 9.78 Å². The fourth-order valence-corrected chi connectivity index (χ4v) is 3.92. The number of nitrogens with one attached hydrogen (secondary N) is 3. The highest BCUT2D eigenvalue weighted by Gasteiger charge is 2.24. The van der Waals surface area contributed by atoms with Gasteiger partial charge in [-0.15, -0.1) is 11.3 Å². The lowest BCUT2D eigenvalue weighted by atomic mass is 10.1. The number of carbonyl (C=O) groups excluding carboxylic acids is 1. The molecule has 0 bridgehead atoms. The van der Waals surface area contributed by atoms with Crippen LogP contribution in [0, 0.1) is 0 Å². The molecule has 3 heterocycles.